The highest BCUT2D eigenvalue weighted by molar-refractivity contribution is 6.33. The lowest BCUT2D eigenvalue weighted by molar-refractivity contribution is -0.105. The van der Waals surface area contributed by atoms with E-state index in [0.29, 0.717) is 22.8 Å². The highest BCUT2D eigenvalue weighted by Crippen LogP contribution is 2.32. The van der Waals surface area contributed by atoms with Crippen LogP contribution in [0.1, 0.15) is 0 Å². The van der Waals surface area contributed by atoms with E-state index in [-0.39, 0.29) is 5.82 Å². The fraction of sp³-hybridized carbons (Fsp3) is 0. The number of carbonyl (C=O) groups excluding carboxylic acids is 1. The lowest BCUT2D eigenvalue weighted by Gasteiger charge is -2.05. The molecule has 6 heteroatoms. The Morgan fingerprint density at radius 2 is 2.10 bits per heavy atom. The van der Waals surface area contributed by atoms with Crippen molar-refractivity contribution in [3.05, 3.63) is 47.2 Å². The molecule has 100 valence electrons. The molecular formula is C14H9ClFN3O. The SMILES string of the molecule is O=CNc1n[nH]c2ccc(-c3cc(F)ccc3Cl)cc12. The molecule has 0 spiro atoms. The minimum atomic E-state index is -0.358. The number of hydrogen-bond donors (Lipinski definition) is 2. The molecule has 0 aliphatic heterocycles. The van der Waals surface area contributed by atoms with E-state index in [1.807, 2.05) is 6.07 Å². The summed E-state index contributed by atoms with van der Waals surface area (Å²) in [5.74, 6) is 0.0623. The highest BCUT2D eigenvalue weighted by atomic mass is 35.5. The largest absolute Gasteiger partial charge is 0.311 e. The van der Waals surface area contributed by atoms with Gasteiger partial charge in [0.1, 0.15) is 5.82 Å². The predicted octanol–water partition coefficient (Wildman–Crippen LogP) is 3.59. The monoisotopic (exact) mass is 289 g/mol. The maximum Gasteiger partial charge on any atom is 0.212 e. The number of benzene rings is 2. The van der Waals surface area contributed by atoms with Gasteiger partial charge < -0.3 is 5.32 Å². The molecule has 1 heterocycles. The van der Waals surface area contributed by atoms with Crippen molar-refractivity contribution in [2.45, 2.75) is 0 Å². The molecule has 2 N–H and O–H groups in total. The highest BCUT2D eigenvalue weighted by Gasteiger charge is 2.09. The number of aromatic nitrogens is 2. The van der Waals surface area contributed by atoms with E-state index in [0.717, 1.165) is 16.5 Å². The summed E-state index contributed by atoms with van der Waals surface area (Å²) >= 11 is 6.09. The lowest BCUT2D eigenvalue weighted by atomic mass is 10.0. The van der Waals surface area contributed by atoms with Gasteiger partial charge in [0.15, 0.2) is 5.82 Å². The second kappa shape index (κ2) is 4.94. The molecule has 1 aromatic heterocycles. The van der Waals surface area contributed by atoms with Gasteiger partial charge in [0.2, 0.25) is 6.41 Å². The van der Waals surface area contributed by atoms with Gasteiger partial charge in [-0.15, -0.1) is 0 Å². The van der Waals surface area contributed by atoms with Gasteiger partial charge in [0, 0.05) is 16.0 Å². The Balaban J connectivity index is 2.18. The van der Waals surface area contributed by atoms with Crippen molar-refractivity contribution in [3.63, 3.8) is 0 Å². The fourth-order valence-corrected chi connectivity index (χ4v) is 2.29. The molecule has 0 aliphatic carbocycles. The maximum absolute atomic E-state index is 13.4. The molecular weight excluding hydrogens is 281 g/mol. The molecule has 0 bridgehead atoms. The summed E-state index contributed by atoms with van der Waals surface area (Å²) in [7, 11) is 0. The number of aromatic amines is 1. The van der Waals surface area contributed by atoms with Crippen LogP contribution in [0.25, 0.3) is 22.0 Å². The summed E-state index contributed by atoms with van der Waals surface area (Å²) in [4.78, 5) is 10.5. The van der Waals surface area contributed by atoms with Crippen LogP contribution in [0, 0.1) is 5.82 Å². The Labute approximate surface area is 118 Å². The zero-order chi connectivity index (χ0) is 14.1. The summed E-state index contributed by atoms with van der Waals surface area (Å²) in [6.45, 7) is 0. The third-order valence-corrected chi connectivity index (χ3v) is 3.33. The second-order valence-electron chi connectivity index (χ2n) is 4.22. The third kappa shape index (κ3) is 2.12. The first-order valence-corrected chi connectivity index (χ1v) is 6.20. The van der Waals surface area contributed by atoms with E-state index < -0.39 is 0 Å². The first-order valence-electron chi connectivity index (χ1n) is 5.83. The molecule has 0 radical (unpaired) electrons. The number of nitrogens with one attached hydrogen (secondary N) is 2. The van der Waals surface area contributed by atoms with Crippen LogP contribution in [0.3, 0.4) is 0 Å². The van der Waals surface area contributed by atoms with Crippen LogP contribution < -0.4 is 5.32 Å². The smallest absolute Gasteiger partial charge is 0.212 e. The molecule has 0 aliphatic rings. The van der Waals surface area contributed by atoms with E-state index in [9.17, 15) is 9.18 Å². The van der Waals surface area contributed by atoms with Crippen molar-refractivity contribution in [3.8, 4) is 11.1 Å². The normalized spacial score (nSPS) is 10.7. The van der Waals surface area contributed by atoms with Gasteiger partial charge in [-0.1, -0.05) is 17.7 Å². The predicted molar refractivity (Wildman–Crippen MR) is 76.2 cm³/mol. The van der Waals surface area contributed by atoms with Crippen LogP contribution in [-0.2, 0) is 4.79 Å². The molecule has 0 saturated carbocycles. The summed E-state index contributed by atoms with van der Waals surface area (Å²) in [6, 6.07) is 9.60. The number of amides is 1. The van der Waals surface area contributed by atoms with Crippen molar-refractivity contribution >= 4 is 34.7 Å². The molecule has 0 atom stereocenters. The van der Waals surface area contributed by atoms with E-state index in [1.54, 1.807) is 12.1 Å². The molecule has 3 aromatic rings. The Kier molecular flexibility index (Phi) is 3.12. The van der Waals surface area contributed by atoms with Crippen LogP contribution >= 0.6 is 11.6 Å². The second-order valence-corrected chi connectivity index (χ2v) is 4.63. The summed E-state index contributed by atoms with van der Waals surface area (Å²) in [5, 5.41) is 10.5. The van der Waals surface area contributed by atoms with Crippen LogP contribution in [-0.4, -0.2) is 16.6 Å². The maximum atomic E-state index is 13.4. The summed E-state index contributed by atoms with van der Waals surface area (Å²) < 4.78 is 13.4. The summed E-state index contributed by atoms with van der Waals surface area (Å²) in [6.07, 6.45) is 0.553. The van der Waals surface area contributed by atoms with Gasteiger partial charge in [0.05, 0.1) is 5.52 Å². The average molecular weight is 290 g/mol. The number of carbonyl (C=O) groups is 1. The number of rotatable bonds is 3. The Morgan fingerprint density at radius 3 is 2.90 bits per heavy atom. The molecule has 4 nitrogen and oxygen atoms in total. The van der Waals surface area contributed by atoms with Crippen molar-refractivity contribution in [2.75, 3.05) is 5.32 Å². The number of hydrogen-bond acceptors (Lipinski definition) is 2. The van der Waals surface area contributed by atoms with Crippen molar-refractivity contribution in [2.24, 2.45) is 0 Å². The van der Waals surface area contributed by atoms with E-state index in [1.165, 1.54) is 18.2 Å². The van der Waals surface area contributed by atoms with E-state index >= 15 is 0 Å². The Hall–Kier alpha value is -2.40. The van der Waals surface area contributed by atoms with Crippen molar-refractivity contribution < 1.29 is 9.18 Å². The van der Waals surface area contributed by atoms with Gasteiger partial charge in [-0.25, -0.2) is 4.39 Å². The van der Waals surface area contributed by atoms with Crippen molar-refractivity contribution in [1.29, 1.82) is 0 Å². The van der Waals surface area contributed by atoms with Crippen LogP contribution in [0.2, 0.25) is 5.02 Å². The van der Waals surface area contributed by atoms with Crippen LogP contribution in [0.15, 0.2) is 36.4 Å². The molecule has 0 saturated heterocycles. The number of H-pyrrole nitrogens is 1. The molecule has 20 heavy (non-hydrogen) atoms. The molecule has 0 unspecified atom stereocenters. The number of anilines is 1. The zero-order valence-corrected chi connectivity index (χ0v) is 10.9. The first kappa shape index (κ1) is 12.6. The lowest BCUT2D eigenvalue weighted by Crippen LogP contribution is -1.94. The van der Waals surface area contributed by atoms with Gasteiger partial charge in [-0.2, -0.15) is 5.10 Å². The van der Waals surface area contributed by atoms with Gasteiger partial charge in [-0.05, 0) is 35.9 Å². The number of halogens is 2. The zero-order valence-electron chi connectivity index (χ0n) is 10.2. The quantitative estimate of drug-likeness (QED) is 0.724. The topological polar surface area (TPSA) is 57.8 Å². The molecule has 2 aromatic carbocycles. The Morgan fingerprint density at radius 1 is 1.25 bits per heavy atom. The van der Waals surface area contributed by atoms with E-state index in [2.05, 4.69) is 15.5 Å². The van der Waals surface area contributed by atoms with Gasteiger partial charge in [0.25, 0.3) is 0 Å². The van der Waals surface area contributed by atoms with E-state index in [4.69, 9.17) is 11.6 Å². The minimum Gasteiger partial charge on any atom is -0.311 e. The average Bonchev–Trinajstić information content (AvgIpc) is 2.84. The van der Waals surface area contributed by atoms with Gasteiger partial charge >= 0.3 is 0 Å². The minimum absolute atomic E-state index is 0.358. The standard InChI is InChI=1S/C14H9ClFN3O/c15-12-3-2-9(16)6-10(12)8-1-4-13-11(5-8)14(17-7-20)19-18-13/h1-7H,(H2,17,18,19,20). The first-order chi connectivity index (χ1) is 9.69. The molecule has 0 fully saturated rings. The number of fused-ring (bicyclic) bond motifs is 1. The van der Waals surface area contributed by atoms with Crippen LogP contribution in [0.4, 0.5) is 10.2 Å². The summed E-state index contributed by atoms with van der Waals surface area (Å²) in [5.41, 5.74) is 2.11. The third-order valence-electron chi connectivity index (χ3n) is 3.00. The fourth-order valence-electron chi connectivity index (χ4n) is 2.07. The van der Waals surface area contributed by atoms with Crippen LogP contribution in [0.5, 0.6) is 0 Å². The Bertz CT molecular complexity index is 800. The molecule has 3 rings (SSSR count). The van der Waals surface area contributed by atoms with Gasteiger partial charge in [-0.3, -0.25) is 9.89 Å². The number of nitrogens with zero attached hydrogens (tertiary/aromatic N) is 1. The molecule has 1 amide bonds. The van der Waals surface area contributed by atoms with Crippen molar-refractivity contribution in [1.82, 2.24) is 10.2 Å².